The van der Waals surface area contributed by atoms with Crippen LogP contribution in [-0.2, 0) is 0 Å². The zero-order valence-electron chi connectivity index (χ0n) is 8.39. The molecule has 0 aromatic heterocycles. The van der Waals surface area contributed by atoms with E-state index >= 15 is 0 Å². The zero-order valence-corrected chi connectivity index (χ0v) is 8.39. The maximum atomic E-state index is 8.43. The van der Waals surface area contributed by atoms with Gasteiger partial charge in [0.05, 0.1) is 0 Å². The Morgan fingerprint density at radius 1 is 1.38 bits per heavy atom. The Hall–Kier alpha value is -1.48. The third-order valence-electron chi connectivity index (χ3n) is 2.03. The minimum atomic E-state index is 0.118. The molecule has 0 saturated carbocycles. The third-order valence-corrected chi connectivity index (χ3v) is 2.03. The first-order chi connectivity index (χ1) is 6.05. The van der Waals surface area contributed by atoms with Gasteiger partial charge in [-0.3, -0.25) is 0 Å². The standard InChI is InChI=1S/C10H15N3/c1-4-10(2,3)8-13-7-9(5-11)6-12/h7,13H,4,8H2,1-3H3. The molecule has 0 rings (SSSR count). The van der Waals surface area contributed by atoms with Crippen LogP contribution in [0.15, 0.2) is 11.8 Å². The molecule has 1 N–H and O–H groups in total. The van der Waals surface area contributed by atoms with Gasteiger partial charge in [-0.05, 0) is 11.8 Å². The second-order valence-electron chi connectivity index (χ2n) is 3.68. The molecule has 0 spiro atoms. The summed E-state index contributed by atoms with van der Waals surface area (Å²) in [6.45, 7) is 7.15. The van der Waals surface area contributed by atoms with Crippen LogP contribution in [0.25, 0.3) is 0 Å². The van der Waals surface area contributed by atoms with E-state index in [-0.39, 0.29) is 11.0 Å². The van der Waals surface area contributed by atoms with Crippen molar-refractivity contribution in [3.05, 3.63) is 11.8 Å². The van der Waals surface area contributed by atoms with Crippen molar-refractivity contribution >= 4 is 0 Å². The van der Waals surface area contributed by atoms with Gasteiger partial charge >= 0.3 is 0 Å². The molecule has 0 aromatic carbocycles. The monoisotopic (exact) mass is 177 g/mol. The summed E-state index contributed by atoms with van der Waals surface area (Å²) < 4.78 is 0. The molecule has 0 radical (unpaired) electrons. The van der Waals surface area contributed by atoms with Gasteiger partial charge in [-0.15, -0.1) is 0 Å². The number of rotatable bonds is 4. The molecule has 13 heavy (non-hydrogen) atoms. The number of nitriles is 2. The maximum Gasteiger partial charge on any atom is 0.145 e. The Balaban J connectivity index is 4.01. The van der Waals surface area contributed by atoms with Gasteiger partial charge in [0, 0.05) is 12.7 Å². The van der Waals surface area contributed by atoms with Crippen molar-refractivity contribution in [1.82, 2.24) is 5.32 Å². The van der Waals surface area contributed by atoms with Crippen LogP contribution in [0, 0.1) is 28.1 Å². The van der Waals surface area contributed by atoms with E-state index in [1.807, 2.05) is 0 Å². The molecule has 70 valence electrons. The maximum absolute atomic E-state index is 8.43. The van der Waals surface area contributed by atoms with Crippen LogP contribution in [0.3, 0.4) is 0 Å². The van der Waals surface area contributed by atoms with E-state index in [2.05, 4.69) is 26.1 Å². The average Bonchev–Trinajstić information content (AvgIpc) is 2.12. The van der Waals surface area contributed by atoms with Gasteiger partial charge in [0.1, 0.15) is 17.7 Å². The molecule has 3 heteroatoms. The van der Waals surface area contributed by atoms with Gasteiger partial charge in [-0.25, -0.2) is 0 Å². The lowest BCUT2D eigenvalue weighted by atomic mass is 9.90. The summed E-state index contributed by atoms with van der Waals surface area (Å²) in [5, 5.41) is 19.8. The number of hydrogen-bond donors (Lipinski definition) is 1. The Kier molecular flexibility index (Phi) is 4.62. The average molecular weight is 177 g/mol. The van der Waals surface area contributed by atoms with Crippen molar-refractivity contribution in [2.24, 2.45) is 5.41 Å². The Bertz CT molecular complexity index is 247. The fourth-order valence-electron chi connectivity index (χ4n) is 0.644. The molecule has 0 amide bonds. The van der Waals surface area contributed by atoms with Crippen LogP contribution in [0.4, 0.5) is 0 Å². The van der Waals surface area contributed by atoms with E-state index in [0.717, 1.165) is 13.0 Å². The number of nitrogens with one attached hydrogen (secondary N) is 1. The van der Waals surface area contributed by atoms with Gasteiger partial charge in [0.25, 0.3) is 0 Å². The van der Waals surface area contributed by atoms with Gasteiger partial charge < -0.3 is 5.32 Å². The highest BCUT2D eigenvalue weighted by molar-refractivity contribution is 5.34. The van der Waals surface area contributed by atoms with E-state index in [9.17, 15) is 0 Å². The first-order valence-corrected chi connectivity index (χ1v) is 4.29. The fourth-order valence-corrected chi connectivity index (χ4v) is 0.644. The highest BCUT2D eigenvalue weighted by Crippen LogP contribution is 2.17. The molecule has 0 saturated heterocycles. The van der Waals surface area contributed by atoms with Crippen molar-refractivity contribution < 1.29 is 0 Å². The molecule has 0 aromatic rings. The summed E-state index contributed by atoms with van der Waals surface area (Å²) in [5.41, 5.74) is 0.318. The lowest BCUT2D eigenvalue weighted by Crippen LogP contribution is -2.25. The minimum absolute atomic E-state index is 0.118. The van der Waals surface area contributed by atoms with Crippen LogP contribution in [0.1, 0.15) is 27.2 Å². The Morgan fingerprint density at radius 2 is 1.92 bits per heavy atom. The quantitative estimate of drug-likeness (QED) is 0.667. The topological polar surface area (TPSA) is 59.6 Å². The summed E-state index contributed by atoms with van der Waals surface area (Å²) in [5.74, 6) is 0. The number of nitrogens with zero attached hydrogens (tertiary/aromatic N) is 2. The molecule has 0 aliphatic carbocycles. The highest BCUT2D eigenvalue weighted by atomic mass is 14.8. The predicted molar refractivity (Wildman–Crippen MR) is 51.4 cm³/mol. The first kappa shape index (κ1) is 11.5. The summed E-state index contributed by atoms with van der Waals surface area (Å²) in [7, 11) is 0. The van der Waals surface area contributed by atoms with Crippen molar-refractivity contribution in [1.29, 1.82) is 10.5 Å². The van der Waals surface area contributed by atoms with E-state index in [1.165, 1.54) is 6.20 Å². The first-order valence-electron chi connectivity index (χ1n) is 4.29. The highest BCUT2D eigenvalue weighted by Gasteiger charge is 2.13. The Morgan fingerprint density at radius 3 is 2.31 bits per heavy atom. The summed E-state index contributed by atoms with van der Waals surface area (Å²) in [4.78, 5) is 0. The van der Waals surface area contributed by atoms with Crippen LogP contribution < -0.4 is 5.32 Å². The number of allylic oxidation sites excluding steroid dienone is 1. The molecule has 0 unspecified atom stereocenters. The molecule has 3 nitrogen and oxygen atoms in total. The van der Waals surface area contributed by atoms with Gasteiger partial charge in [0.2, 0.25) is 0 Å². The van der Waals surface area contributed by atoms with E-state index in [4.69, 9.17) is 10.5 Å². The van der Waals surface area contributed by atoms with Crippen LogP contribution in [0.2, 0.25) is 0 Å². The van der Waals surface area contributed by atoms with Gasteiger partial charge in [0.15, 0.2) is 0 Å². The van der Waals surface area contributed by atoms with Crippen molar-refractivity contribution in [2.75, 3.05) is 6.54 Å². The van der Waals surface area contributed by atoms with Crippen molar-refractivity contribution in [3.8, 4) is 12.1 Å². The summed E-state index contributed by atoms with van der Waals surface area (Å²) in [6.07, 6.45) is 2.53. The largest absolute Gasteiger partial charge is 0.389 e. The van der Waals surface area contributed by atoms with E-state index in [0.29, 0.717) is 0 Å². The molecule has 0 aliphatic heterocycles. The second kappa shape index (κ2) is 5.22. The normalized spacial score (nSPS) is 9.62. The molecule has 0 heterocycles. The summed E-state index contributed by atoms with van der Waals surface area (Å²) in [6, 6.07) is 3.59. The van der Waals surface area contributed by atoms with E-state index < -0.39 is 0 Å². The Labute approximate surface area is 79.7 Å². The second-order valence-corrected chi connectivity index (χ2v) is 3.68. The van der Waals surface area contributed by atoms with Gasteiger partial charge in [-0.1, -0.05) is 20.8 Å². The number of hydrogen-bond acceptors (Lipinski definition) is 3. The minimum Gasteiger partial charge on any atom is -0.389 e. The molecule has 0 bridgehead atoms. The fraction of sp³-hybridized carbons (Fsp3) is 0.600. The SMILES string of the molecule is CCC(C)(C)CNC=C(C#N)C#N. The van der Waals surface area contributed by atoms with E-state index in [1.54, 1.807) is 12.1 Å². The molecule has 0 aliphatic rings. The molecular formula is C10H15N3. The van der Waals surface area contributed by atoms with Crippen LogP contribution >= 0.6 is 0 Å². The molecular weight excluding hydrogens is 162 g/mol. The van der Waals surface area contributed by atoms with Crippen molar-refractivity contribution in [2.45, 2.75) is 27.2 Å². The van der Waals surface area contributed by atoms with Crippen LogP contribution in [0.5, 0.6) is 0 Å². The van der Waals surface area contributed by atoms with Crippen molar-refractivity contribution in [3.63, 3.8) is 0 Å². The summed E-state index contributed by atoms with van der Waals surface area (Å²) >= 11 is 0. The predicted octanol–water partition coefficient (Wildman–Crippen LogP) is 1.94. The van der Waals surface area contributed by atoms with Crippen LogP contribution in [-0.4, -0.2) is 6.54 Å². The van der Waals surface area contributed by atoms with Gasteiger partial charge in [-0.2, -0.15) is 10.5 Å². The molecule has 0 fully saturated rings. The lowest BCUT2D eigenvalue weighted by molar-refractivity contribution is 0.344. The zero-order chi connectivity index (χ0) is 10.3. The lowest BCUT2D eigenvalue weighted by Gasteiger charge is -2.21. The third kappa shape index (κ3) is 4.87. The smallest absolute Gasteiger partial charge is 0.145 e. The molecule has 0 atom stereocenters.